The van der Waals surface area contributed by atoms with E-state index in [0.29, 0.717) is 19.3 Å². The predicted octanol–water partition coefficient (Wildman–Crippen LogP) is 20.5. The molecule has 0 saturated carbocycles. The maximum Gasteiger partial charge on any atom is 0.306 e. The molecule has 0 aliphatic rings. The first kappa shape index (κ1) is 67.8. The van der Waals surface area contributed by atoms with Gasteiger partial charge in [0, 0.05) is 19.3 Å². The summed E-state index contributed by atoms with van der Waals surface area (Å²) in [6.45, 7) is 6.57. The predicted molar refractivity (Wildman–Crippen MR) is 307 cm³/mol. The third kappa shape index (κ3) is 57.6. The van der Waals surface area contributed by atoms with Crippen molar-refractivity contribution in [2.24, 2.45) is 0 Å². The van der Waals surface area contributed by atoms with Crippen LogP contribution in [-0.2, 0) is 28.6 Å². The van der Waals surface area contributed by atoms with Crippen molar-refractivity contribution in [3.63, 3.8) is 0 Å². The van der Waals surface area contributed by atoms with E-state index >= 15 is 0 Å². The van der Waals surface area contributed by atoms with Gasteiger partial charge in [0.15, 0.2) is 6.10 Å². The van der Waals surface area contributed by atoms with Crippen LogP contribution in [0.15, 0.2) is 72.9 Å². The Balaban J connectivity index is 4.46. The van der Waals surface area contributed by atoms with Crippen molar-refractivity contribution in [1.82, 2.24) is 0 Å². The molecule has 0 aliphatic carbocycles. The van der Waals surface area contributed by atoms with Gasteiger partial charge in [-0.25, -0.2) is 0 Å². The van der Waals surface area contributed by atoms with E-state index in [9.17, 15) is 14.4 Å². The lowest BCUT2D eigenvalue weighted by molar-refractivity contribution is -0.166. The summed E-state index contributed by atoms with van der Waals surface area (Å²) in [5.41, 5.74) is 0. The Morgan fingerprint density at radius 3 is 0.915 bits per heavy atom. The Morgan fingerprint density at radius 2 is 0.535 bits per heavy atom. The van der Waals surface area contributed by atoms with Gasteiger partial charge < -0.3 is 14.2 Å². The molecule has 0 aromatic rings. The second-order valence-corrected chi connectivity index (χ2v) is 20.3. The third-order valence-electron chi connectivity index (χ3n) is 13.2. The summed E-state index contributed by atoms with van der Waals surface area (Å²) in [5, 5.41) is 0. The lowest BCUT2D eigenvalue weighted by Gasteiger charge is -2.18. The molecule has 6 heteroatoms. The minimum absolute atomic E-state index is 0.100. The van der Waals surface area contributed by atoms with Gasteiger partial charge in [-0.15, -0.1) is 0 Å². The largest absolute Gasteiger partial charge is 0.462 e. The van der Waals surface area contributed by atoms with E-state index in [1.165, 1.54) is 186 Å². The second-order valence-electron chi connectivity index (χ2n) is 20.3. The second kappa shape index (κ2) is 59.4. The highest BCUT2D eigenvalue weighted by atomic mass is 16.6. The fourth-order valence-corrected chi connectivity index (χ4v) is 8.60. The fourth-order valence-electron chi connectivity index (χ4n) is 8.60. The minimum atomic E-state index is -0.808. The van der Waals surface area contributed by atoms with E-state index in [1.807, 2.05) is 6.08 Å². The van der Waals surface area contributed by atoms with Crippen LogP contribution in [0, 0.1) is 0 Å². The summed E-state index contributed by atoms with van der Waals surface area (Å²) in [6, 6.07) is 0. The summed E-state index contributed by atoms with van der Waals surface area (Å²) in [6.07, 6.45) is 76.2. The van der Waals surface area contributed by atoms with Crippen molar-refractivity contribution in [3.05, 3.63) is 72.9 Å². The Hall–Kier alpha value is -3.15. The fraction of sp³-hybridized carbons (Fsp3) is 0.769. The number of carbonyl (C=O) groups is 3. The van der Waals surface area contributed by atoms with E-state index in [4.69, 9.17) is 14.2 Å². The van der Waals surface area contributed by atoms with E-state index in [2.05, 4.69) is 87.6 Å². The van der Waals surface area contributed by atoms with Crippen LogP contribution in [0.3, 0.4) is 0 Å². The Kier molecular flexibility index (Phi) is 56.8. The Morgan fingerprint density at radius 1 is 0.282 bits per heavy atom. The molecule has 0 bridgehead atoms. The van der Waals surface area contributed by atoms with E-state index in [1.54, 1.807) is 0 Å². The van der Waals surface area contributed by atoms with Crippen LogP contribution >= 0.6 is 0 Å². The SMILES string of the molecule is CCCCC/C=C\C/C=C\C/C=C\C/C=C\C/C=C\CCC(=O)OC[C@H](COC(=O)CCCCCCC/C=C\CCCCCCCC)OC(=O)CCCCCCCCCCCCCCCCCCCCC. The molecule has 0 rings (SSSR count). The maximum atomic E-state index is 12.9. The molecule has 0 saturated heterocycles. The first-order valence-electron chi connectivity index (χ1n) is 30.4. The van der Waals surface area contributed by atoms with Crippen LogP contribution in [0.2, 0.25) is 0 Å². The molecule has 410 valence electrons. The smallest absolute Gasteiger partial charge is 0.306 e. The first-order chi connectivity index (χ1) is 35.0. The molecule has 0 aromatic carbocycles. The molecular weight excluding hydrogens is 877 g/mol. The van der Waals surface area contributed by atoms with Crippen molar-refractivity contribution in [2.45, 2.75) is 309 Å². The van der Waals surface area contributed by atoms with Crippen molar-refractivity contribution in [2.75, 3.05) is 13.2 Å². The molecule has 0 aromatic heterocycles. The molecule has 0 amide bonds. The summed E-state index contributed by atoms with van der Waals surface area (Å²) in [5.74, 6) is -0.980. The number of carbonyl (C=O) groups excluding carboxylic acids is 3. The summed E-state index contributed by atoms with van der Waals surface area (Å²) in [4.78, 5) is 38.2. The number of rotatable bonds is 55. The quantitative estimate of drug-likeness (QED) is 0.0261. The van der Waals surface area contributed by atoms with Crippen molar-refractivity contribution in [3.8, 4) is 0 Å². The zero-order chi connectivity index (χ0) is 51.4. The molecule has 0 spiro atoms. The highest BCUT2D eigenvalue weighted by molar-refractivity contribution is 5.71. The number of hydrogen-bond acceptors (Lipinski definition) is 6. The van der Waals surface area contributed by atoms with Crippen molar-refractivity contribution < 1.29 is 28.6 Å². The van der Waals surface area contributed by atoms with Gasteiger partial charge in [0.25, 0.3) is 0 Å². The summed E-state index contributed by atoms with van der Waals surface area (Å²) < 4.78 is 16.8. The maximum absolute atomic E-state index is 12.9. The van der Waals surface area contributed by atoms with Gasteiger partial charge in [-0.05, 0) is 83.5 Å². The molecule has 0 unspecified atom stereocenters. The third-order valence-corrected chi connectivity index (χ3v) is 13.2. The molecule has 0 N–H and O–H groups in total. The van der Waals surface area contributed by atoms with E-state index < -0.39 is 6.10 Å². The Bertz CT molecular complexity index is 1320. The average Bonchev–Trinajstić information content (AvgIpc) is 3.37. The van der Waals surface area contributed by atoms with Gasteiger partial charge in [0.1, 0.15) is 13.2 Å². The number of esters is 3. The number of ether oxygens (including phenoxy) is 3. The lowest BCUT2D eigenvalue weighted by atomic mass is 10.0. The zero-order valence-electron chi connectivity index (χ0n) is 47.0. The lowest BCUT2D eigenvalue weighted by Crippen LogP contribution is -2.30. The number of hydrogen-bond donors (Lipinski definition) is 0. The van der Waals surface area contributed by atoms with Gasteiger partial charge in [0.2, 0.25) is 0 Å². The number of unbranched alkanes of at least 4 members (excludes halogenated alkanes) is 32. The number of allylic oxidation sites excluding steroid dienone is 12. The van der Waals surface area contributed by atoms with Crippen LogP contribution in [0.1, 0.15) is 303 Å². The van der Waals surface area contributed by atoms with Gasteiger partial charge >= 0.3 is 17.9 Å². The minimum Gasteiger partial charge on any atom is -0.462 e. The van der Waals surface area contributed by atoms with Gasteiger partial charge in [-0.3, -0.25) is 14.4 Å². The first-order valence-corrected chi connectivity index (χ1v) is 30.4. The van der Waals surface area contributed by atoms with Gasteiger partial charge in [-0.2, -0.15) is 0 Å². The van der Waals surface area contributed by atoms with Crippen LogP contribution in [0.4, 0.5) is 0 Å². The highest BCUT2D eigenvalue weighted by Gasteiger charge is 2.19. The van der Waals surface area contributed by atoms with Gasteiger partial charge in [0.05, 0.1) is 0 Å². The molecule has 0 fully saturated rings. The van der Waals surface area contributed by atoms with Crippen molar-refractivity contribution in [1.29, 1.82) is 0 Å². The van der Waals surface area contributed by atoms with Crippen LogP contribution < -0.4 is 0 Å². The summed E-state index contributed by atoms with van der Waals surface area (Å²) in [7, 11) is 0. The van der Waals surface area contributed by atoms with E-state index in [-0.39, 0.29) is 37.5 Å². The topological polar surface area (TPSA) is 78.9 Å². The normalized spacial score (nSPS) is 12.5. The standard InChI is InChI=1S/C65H114O6/c1-4-7-10-13-16-19-22-25-28-30-32-34-37-40-43-46-49-52-55-58-64(67)70-61-62(60-69-63(66)57-54-51-48-45-42-39-36-27-24-21-18-15-12-9-6-3)71-65(68)59-56-53-50-47-44-41-38-35-33-31-29-26-23-20-17-14-11-8-5-2/h16,19,25,27-28,32,34,36,40,43,49,52,62H,4-15,17-18,20-24,26,29-31,33,35,37-39,41-42,44-48,50-51,53-61H2,1-3H3/b19-16-,28-25-,34-32-,36-27-,43-40-,52-49-/t62-/m0/s1. The Labute approximate surface area is 440 Å². The molecular formula is C65H114O6. The van der Waals surface area contributed by atoms with Crippen molar-refractivity contribution >= 4 is 17.9 Å². The van der Waals surface area contributed by atoms with Gasteiger partial charge in [-0.1, -0.05) is 273 Å². The van der Waals surface area contributed by atoms with E-state index in [0.717, 1.165) is 70.6 Å². The van der Waals surface area contributed by atoms with Crippen LogP contribution in [0.25, 0.3) is 0 Å². The molecule has 0 aliphatic heterocycles. The molecule has 0 radical (unpaired) electrons. The molecule has 1 atom stereocenters. The molecule has 6 nitrogen and oxygen atoms in total. The highest BCUT2D eigenvalue weighted by Crippen LogP contribution is 2.16. The zero-order valence-corrected chi connectivity index (χ0v) is 47.0. The van der Waals surface area contributed by atoms with Crippen LogP contribution in [0.5, 0.6) is 0 Å². The van der Waals surface area contributed by atoms with Crippen LogP contribution in [-0.4, -0.2) is 37.2 Å². The molecule has 0 heterocycles. The average molecular weight is 992 g/mol. The molecule has 71 heavy (non-hydrogen) atoms. The monoisotopic (exact) mass is 991 g/mol. The summed E-state index contributed by atoms with van der Waals surface area (Å²) >= 11 is 0.